The smallest absolute Gasteiger partial charge is 0.314 e. The Labute approximate surface area is 133 Å². The number of para-hydroxylation sites is 1. The van der Waals surface area contributed by atoms with Gasteiger partial charge in [0.15, 0.2) is 0 Å². The van der Waals surface area contributed by atoms with Crippen molar-refractivity contribution >= 4 is 11.7 Å². The molecule has 3 rings (SSSR count). The second kappa shape index (κ2) is 6.39. The van der Waals surface area contributed by atoms with Gasteiger partial charge in [0, 0.05) is 13.0 Å². The number of benzene rings is 1. The molecule has 1 N–H and O–H groups in total. The molecular weight excluding hydrogens is 307 g/mol. The minimum Gasteiger partial charge on any atom is -0.314 e. The number of carbonyl (C=O) groups excluding carboxylic acids is 1. The zero-order valence-electron chi connectivity index (χ0n) is 12.8. The second-order valence-corrected chi connectivity index (χ2v) is 6.26. The molecule has 1 aromatic rings. The average Bonchev–Trinajstić information content (AvgIpc) is 3.09. The summed E-state index contributed by atoms with van der Waals surface area (Å²) in [6, 6.07) is 4.50. The molecule has 4 nitrogen and oxygen atoms in total. The Kier molecular flexibility index (Phi) is 4.48. The fourth-order valence-corrected chi connectivity index (χ4v) is 3.31. The van der Waals surface area contributed by atoms with Crippen LogP contribution in [0.15, 0.2) is 24.3 Å². The number of carbonyl (C=O) groups is 1. The van der Waals surface area contributed by atoms with Gasteiger partial charge in [0.2, 0.25) is 0 Å². The fraction of sp³-hybridized carbons (Fsp3) is 0.562. The predicted molar refractivity (Wildman–Crippen MR) is 81.2 cm³/mol. The Bertz CT molecular complexity index is 575. The Balaban J connectivity index is 1.69. The summed E-state index contributed by atoms with van der Waals surface area (Å²) >= 11 is 0. The van der Waals surface area contributed by atoms with Crippen LogP contribution in [-0.4, -0.2) is 54.0 Å². The third-order valence-corrected chi connectivity index (χ3v) is 4.42. The number of amides is 2. The minimum atomic E-state index is -2.89. The number of anilines is 1. The molecule has 0 aromatic heterocycles. The minimum absolute atomic E-state index is 0.00707. The molecule has 1 aromatic carbocycles. The maximum absolute atomic E-state index is 13.8. The van der Waals surface area contributed by atoms with E-state index in [0.717, 1.165) is 30.8 Å². The highest BCUT2D eigenvalue weighted by Crippen LogP contribution is 2.33. The number of urea groups is 1. The zero-order chi connectivity index (χ0) is 16.4. The van der Waals surface area contributed by atoms with Crippen LogP contribution in [0.4, 0.5) is 23.7 Å². The number of alkyl halides is 2. The van der Waals surface area contributed by atoms with Gasteiger partial charge < -0.3 is 15.1 Å². The molecule has 0 bridgehead atoms. The van der Waals surface area contributed by atoms with Crippen LogP contribution in [0.2, 0.25) is 0 Å². The van der Waals surface area contributed by atoms with E-state index in [1.54, 1.807) is 6.07 Å². The van der Waals surface area contributed by atoms with Gasteiger partial charge in [-0.3, -0.25) is 0 Å². The van der Waals surface area contributed by atoms with Crippen molar-refractivity contribution in [1.29, 1.82) is 0 Å². The quantitative estimate of drug-likeness (QED) is 0.926. The maximum atomic E-state index is 13.8. The van der Waals surface area contributed by atoms with Gasteiger partial charge in [-0.05, 0) is 38.1 Å². The number of hydrogen-bond acceptors (Lipinski definition) is 2. The summed E-state index contributed by atoms with van der Waals surface area (Å²) in [7, 11) is 0. The van der Waals surface area contributed by atoms with E-state index in [9.17, 15) is 18.0 Å². The van der Waals surface area contributed by atoms with Crippen molar-refractivity contribution in [2.75, 3.05) is 31.5 Å². The molecule has 2 fully saturated rings. The van der Waals surface area contributed by atoms with Crippen molar-refractivity contribution in [1.82, 2.24) is 9.80 Å². The van der Waals surface area contributed by atoms with Crippen LogP contribution in [-0.2, 0) is 0 Å². The summed E-state index contributed by atoms with van der Waals surface area (Å²) in [5.74, 6) is -3.47. The third-order valence-electron chi connectivity index (χ3n) is 4.42. The van der Waals surface area contributed by atoms with Crippen molar-refractivity contribution in [3.63, 3.8) is 0 Å². The number of likely N-dealkylation sites (tertiary alicyclic amines) is 2. The van der Waals surface area contributed by atoms with Gasteiger partial charge in [-0.2, -0.15) is 0 Å². The summed E-state index contributed by atoms with van der Waals surface area (Å²) in [5, 5.41) is 2.40. The van der Waals surface area contributed by atoms with Gasteiger partial charge in [-0.15, -0.1) is 0 Å². The van der Waals surface area contributed by atoms with Crippen LogP contribution >= 0.6 is 0 Å². The first-order chi connectivity index (χ1) is 10.9. The molecule has 0 saturated carbocycles. The average molecular weight is 327 g/mol. The summed E-state index contributed by atoms with van der Waals surface area (Å²) in [6.07, 6.45) is 1.78. The van der Waals surface area contributed by atoms with Gasteiger partial charge in [-0.1, -0.05) is 12.1 Å². The van der Waals surface area contributed by atoms with E-state index in [0.29, 0.717) is 6.54 Å². The number of hydrogen-bond donors (Lipinski definition) is 1. The van der Waals surface area contributed by atoms with Crippen molar-refractivity contribution in [3.05, 3.63) is 30.1 Å². The van der Waals surface area contributed by atoms with Gasteiger partial charge in [0.25, 0.3) is 5.92 Å². The summed E-state index contributed by atoms with van der Waals surface area (Å²) < 4.78 is 41.2. The SMILES string of the molecule is O=C(Nc1ccccc1F)N1CC(F)(F)C[C@H]1CN1CCCC1. The van der Waals surface area contributed by atoms with E-state index in [4.69, 9.17) is 0 Å². The Morgan fingerprint density at radius 3 is 2.65 bits per heavy atom. The molecule has 2 aliphatic heterocycles. The normalized spacial score (nSPS) is 24.1. The summed E-state index contributed by atoms with van der Waals surface area (Å²) in [5.41, 5.74) is 0.00707. The van der Waals surface area contributed by atoms with E-state index in [1.807, 2.05) is 0 Å². The highest BCUT2D eigenvalue weighted by Gasteiger charge is 2.47. The van der Waals surface area contributed by atoms with Gasteiger partial charge in [0.1, 0.15) is 5.82 Å². The number of nitrogens with one attached hydrogen (secondary N) is 1. The van der Waals surface area contributed by atoms with Crippen LogP contribution in [0.5, 0.6) is 0 Å². The standard InChI is InChI=1S/C16H20F3N3O/c17-13-5-1-2-6-14(13)20-15(23)22-11-16(18,19)9-12(22)10-21-7-3-4-8-21/h1-2,5-6,12H,3-4,7-11H2,(H,20,23)/t12-/m0/s1. The Hall–Kier alpha value is -1.76. The Morgan fingerprint density at radius 2 is 1.96 bits per heavy atom. The molecule has 1 atom stereocenters. The zero-order valence-corrected chi connectivity index (χ0v) is 12.8. The highest BCUT2D eigenvalue weighted by atomic mass is 19.3. The first-order valence-corrected chi connectivity index (χ1v) is 7.87. The lowest BCUT2D eigenvalue weighted by atomic mass is 10.2. The highest BCUT2D eigenvalue weighted by molar-refractivity contribution is 5.90. The molecule has 126 valence electrons. The molecule has 2 saturated heterocycles. The molecule has 2 aliphatic rings. The summed E-state index contributed by atoms with van der Waals surface area (Å²) in [4.78, 5) is 15.6. The van der Waals surface area contributed by atoms with Crippen molar-refractivity contribution in [2.24, 2.45) is 0 Å². The number of rotatable bonds is 3. The summed E-state index contributed by atoms with van der Waals surface area (Å²) in [6.45, 7) is 1.59. The van der Waals surface area contributed by atoms with Crippen molar-refractivity contribution in [2.45, 2.75) is 31.2 Å². The van der Waals surface area contributed by atoms with Crippen LogP contribution in [0.1, 0.15) is 19.3 Å². The molecule has 0 radical (unpaired) electrons. The molecule has 0 unspecified atom stereocenters. The molecular formula is C16H20F3N3O. The lowest BCUT2D eigenvalue weighted by Gasteiger charge is -2.27. The number of halogens is 3. The van der Waals surface area contributed by atoms with Crippen molar-refractivity contribution < 1.29 is 18.0 Å². The van der Waals surface area contributed by atoms with Crippen LogP contribution < -0.4 is 5.32 Å². The van der Waals surface area contributed by atoms with E-state index < -0.39 is 30.4 Å². The van der Waals surface area contributed by atoms with Crippen LogP contribution in [0.3, 0.4) is 0 Å². The van der Waals surface area contributed by atoms with E-state index in [2.05, 4.69) is 10.2 Å². The molecule has 7 heteroatoms. The van der Waals surface area contributed by atoms with E-state index in [1.165, 1.54) is 18.2 Å². The van der Waals surface area contributed by atoms with E-state index >= 15 is 0 Å². The number of nitrogens with zero attached hydrogens (tertiary/aromatic N) is 2. The molecule has 23 heavy (non-hydrogen) atoms. The first-order valence-electron chi connectivity index (χ1n) is 7.87. The third kappa shape index (κ3) is 3.77. The molecule has 0 spiro atoms. The second-order valence-electron chi connectivity index (χ2n) is 6.26. The van der Waals surface area contributed by atoms with E-state index in [-0.39, 0.29) is 12.1 Å². The van der Waals surface area contributed by atoms with Gasteiger partial charge >= 0.3 is 6.03 Å². The first kappa shape index (κ1) is 16.1. The molecule has 2 amide bonds. The Morgan fingerprint density at radius 1 is 1.26 bits per heavy atom. The lowest BCUT2D eigenvalue weighted by Crippen LogP contribution is -2.44. The molecule has 2 heterocycles. The topological polar surface area (TPSA) is 35.6 Å². The van der Waals surface area contributed by atoms with Gasteiger partial charge in [0.05, 0.1) is 18.3 Å². The lowest BCUT2D eigenvalue weighted by molar-refractivity contribution is 0.0148. The van der Waals surface area contributed by atoms with Gasteiger partial charge in [-0.25, -0.2) is 18.0 Å². The predicted octanol–water partition coefficient (Wildman–Crippen LogP) is 3.16. The maximum Gasteiger partial charge on any atom is 0.322 e. The fourth-order valence-electron chi connectivity index (χ4n) is 3.31. The van der Waals surface area contributed by atoms with Crippen LogP contribution in [0, 0.1) is 5.82 Å². The molecule has 0 aliphatic carbocycles. The largest absolute Gasteiger partial charge is 0.322 e. The van der Waals surface area contributed by atoms with Crippen LogP contribution in [0.25, 0.3) is 0 Å². The monoisotopic (exact) mass is 327 g/mol. The van der Waals surface area contributed by atoms with Crippen molar-refractivity contribution in [3.8, 4) is 0 Å².